The number of hydrogen-bond donors (Lipinski definition) is 0. The van der Waals surface area contributed by atoms with Crippen molar-refractivity contribution in [3.05, 3.63) is 15.9 Å². The molecule has 0 aliphatic rings. The van der Waals surface area contributed by atoms with E-state index >= 15 is 0 Å². The summed E-state index contributed by atoms with van der Waals surface area (Å²) < 4.78 is 31.3. The third-order valence-electron chi connectivity index (χ3n) is 0.795. The van der Waals surface area contributed by atoms with Crippen molar-refractivity contribution >= 4 is 37.4 Å². The van der Waals surface area contributed by atoms with Crippen LogP contribution in [0.15, 0.2) is 20.1 Å². The normalized spacial score (nSPS) is 10.7. The topological polar surface area (TPSA) is 57.2 Å². The van der Waals surface area contributed by atoms with Crippen LogP contribution in [0.3, 0.4) is 0 Å². The van der Waals surface area contributed by atoms with Gasteiger partial charge >= 0.3 is 29.6 Å². The summed E-state index contributed by atoms with van der Waals surface area (Å²) in [5, 5.41) is 0. The van der Waals surface area contributed by atoms with Crippen LogP contribution in [-0.2, 0) is 10.1 Å². The second kappa shape index (κ2) is 4.36. The minimum atomic E-state index is -4.24. The molecule has 0 unspecified atom stereocenters. The van der Waals surface area contributed by atoms with Crippen molar-refractivity contribution in [2.24, 2.45) is 0 Å². The second-order valence-electron chi connectivity index (χ2n) is 1.51. The molecule has 1 aromatic heterocycles. The fourth-order valence-corrected chi connectivity index (χ4v) is 2.79. The fourth-order valence-electron chi connectivity index (χ4n) is 0.432. The molecule has 0 aromatic carbocycles. The van der Waals surface area contributed by atoms with Gasteiger partial charge in [-0.3, -0.25) is 0 Å². The molecular formula is C4H2BrNaO3S2. The standard InChI is InChI=1S/C4H3BrO3S2.Na/c5-3-1-2-4(9-3)10(6,7)8;/h1-2H,(H,6,7,8);/q;+1/p-1. The predicted octanol–water partition coefficient (Wildman–Crippen LogP) is -1.58. The van der Waals surface area contributed by atoms with E-state index in [9.17, 15) is 13.0 Å². The molecule has 0 bridgehead atoms. The van der Waals surface area contributed by atoms with E-state index in [4.69, 9.17) is 0 Å². The van der Waals surface area contributed by atoms with Crippen LogP contribution < -0.4 is 29.6 Å². The van der Waals surface area contributed by atoms with Crippen LogP contribution in [0.25, 0.3) is 0 Å². The minimum absolute atomic E-state index is 0. The zero-order valence-corrected chi connectivity index (χ0v) is 10.8. The van der Waals surface area contributed by atoms with E-state index in [0.717, 1.165) is 11.3 Å². The first-order chi connectivity index (χ1) is 4.50. The third kappa shape index (κ3) is 3.54. The molecule has 0 saturated heterocycles. The van der Waals surface area contributed by atoms with E-state index in [2.05, 4.69) is 15.9 Å². The molecule has 0 saturated carbocycles. The van der Waals surface area contributed by atoms with Crippen LogP contribution in [0.5, 0.6) is 0 Å². The van der Waals surface area contributed by atoms with Crippen molar-refractivity contribution in [3.8, 4) is 0 Å². The first-order valence-electron chi connectivity index (χ1n) is 2.21. The predicted molar refractivity (Wildman–Crippen MR) is 40.0 cm³/mol. The molecule has 0 spiro atoms. The van der Waals surface area contributed by atoms with Gasteiger partial charge in [0, 0.05) is 0 Å². The second-order valence-corrected chi connectivity index (χ2v) is 5.58. The van der Waals surface area contributed by atoms with Crippen molar-refractivity contribution in [2.75, 3.05) is 0 Å². The molecule has 0 atom stereocenters. The summed E-state index contributed by atoms with van der Waals surface area (Å²) in [5.41, 5.74) is 0. The molecular weight excluding hydrogens is 263 g/mol. The Morgan fingerprint density at radius 2 is 2.00 bits per heavy atom. The molecule has 1 aromatic rings. The summed E-state index contributed by atoms with van der Waals surface area (Å²) >= 11 is 3.95. The van der Waals surface area contributed by atoms with Gasteiger partial charge in [-0.2, -0.15) is 0 Å². The Labute approximate surface area is 99.0 Å². The zero-order chi connectivity index (χ0) is 7.78. The summed E-state index contributed by atoms with van der Waals surface area (Å²) in [6, 6.07) is 2.80. The molecule has 3 nitrogen and oxygen atoms in total. The van der Waals surface area contributed by atoms with Crippen molar-refractivity contribution in [1.29, 1.82) is 0 Å². The van der Waals surface area contributed by atoms with Crippen LogP contribution in [-0.4, -0.2) is 13.0 Å². The van der Waals surface area contributed by atoms with E-state index in [0.29, 0.717) is 3.79 Å². The first kappa shape index (κ1) is 12.1. The number of thiophene rings is 1. The zero-order valence-electron chi connectivity index (χ0n) is 5.57. The monoisotopic (exact) mass is 264 g/mol. The summed E-state index contributed by atoms with van der Waals surface area (Å²) in [6.07, 6.45) is 0. The molecule has 0 fully saturated rings. The van der Waals surface area contributed by atoms with Crippen LogP contribution in [0.1, 0.15) is 0 Å². The molecule has 0 aliphatic carbocycles. The summed E-state index contributed by atoms with van der Waals surface area (Å²) in [4.78, 5) is 0. The van der Waals surface area contributed by atoms with Gasteiger partial charge in [-0.25, -0.2) is 8.42 Å². The molecule has 0 N–H and O–H groups in total. The van der Waals surface area contributed by atoms with Gasteiger partial charge in [0.05, 0.1) is 3.79 Å². The average molecular weight is 265 g/mol. The quantitative estimate of drug-likeness (QED) is 0.455. The molecule has 0 radical (unpaired) electrons. The van der Waals surface area contributed by atoms with Crippen molar-refractivity contribution in [3.63, 3.8) is 0 Å². The van der Waals surface area contributed by atoms with Crippen LogP contribution in [0.4, 0.5) is 0 Å². The largest absolute Gasteiger partial charge is 1.00 e. The van der Waals surface area contributed by atoms with E-state index in [-0.39, 0.29) is 33.8 Å². The average Bonchev–Trinajstić information content (AvgIpc) is 2.11. The van der Waals surface area contributed by atoms with Gasteiger partial charge in [0.2, 0.25) is 0 Å². The van der Waals surface area contributed by atoms with Crippen LogP contribution in [0.2, 0.25) is 0 Å². The van der Waals surface area contributed by atoms with Gasteiger partial charge in [-0.15, -0.1) is 11.3 Å². The summed E-state index contributed by atoms with van der Waals surface area (Å²) in [7, 11) is -4.24. The maximum absolute atomic E-state index is 10.3. The fraction of sp³-hybridized carbons (Fsp3) is 0. The number of hydrogen-bond acceptors (Lipinski definition) is 4. The van der Waals surface area contributed by atoms with Crippen LogP contribution >= 0.6 is 27.3 Å². The maximum atomic E-state index is 10.3. The molecule has 0 amide bonds. The van der Waals surface area contributed by atoms with Gasteiger partial charge in [0.1, 0.15) is 14.3 Å². The van der Waals surface area contributed by atoms with Gasteiger partial charge < -0.3 is 4.55 Å². The van der Waals surface area contributed by atoms with Gasteiger partial charge in [0.15, 0.2) is 0 Å². The molecule has 0 aliphatic heterocycles. The van der Waals surface area contributed by atoms with E-state index < -0.39 is 10.1 Å². The van der Waals surface area contributed by atoms with Gasteiger partial charge in [-0.1, -0.05) is 0 Å². The van der Waals surface area contributed by atoms with Gasteiger partial charge in [0.25, 0.3) is 0 Å². The summed E-state index contributed by atoms with van der Waals surface area (Å²) in [5.74, 6) is 0. The third-order valence-corrected chi connectivity index (χ3v) is 3.70. The molecule has 7 heteroatoms. The maximum Gasteiger partial charge on any atom is 1.00 e. The number of rotatable bonds is 1. The van der Waals surface area contributed by atoms with Gasteiger partial charge in [-0.05, 0) is 28.1 Å². The Balaban J connectivity index is 0.000001000. The Kier molecular flexibility index (Phi) is 4.79. The minimum Gasteiger partial charge on any atom is -0.743 e. The Morgan fingerprint density at radius 1 is 1.45 bits per heavy atom. The van der Waals surface area contributed by atoms with Crippen molar-refractivity contribution in [1.82, 2.24) is 0 Å². The molecule has 11 heavy (non-hydrogen) atoms. The number of halogens is 1. The Morgan fingerprint density at radius 3 is 2.18 bits per heavy atom. The molecule has 1 rings (SSSR count). The first-order valence-corrected chi connectivity index (χ1v) is 5.23. The van der Waals surface area contributed by atoms with Crippen molar-refractivity contribution in [2.45, 2.75) is 4.21 Å². The Hall–Kier alpha value is 1.09. The van der Waals surface area contributed by atoms with E-state index in [1.54, 1.807) is 0 Å². The summed E-state index contributed by atoms with van der Waals surface area (Å²) in [6.45, 7) is 0. The van der Waals surface area contributed by atoms with E-state index in [1.807, 2.05) is 0 Å². The van der Waals surface area contributed by atoms with E-state index in [1.165, 1.54) is 12.1 Å². The van der Waals surface area contributed by atoms with Crippen molar-refractivity contribution < 1.29 is 42.5 Å². The SMILES string of the molecule is O=S(=O)([O-])c1ccc(Br)s1.[Na+]. The smallest absolute Gasteiger partial charge is 0.743 e. The Bertz CT molecular complexity index is 331. The molecule has 1 heterocycles. The molecule has 56 valence electrons. The van der Waals surface area contributed by atoms with Crippen LogP contribution in [0, 0.1) is 0 Å².